The highest BCUT2D eigenvalue weighted by atomic mass is 19.4. The number of ether oxygens (including phenoxy) is 2. The molecule has 0 atom stereocenters. The first-order valence-electron chi connectivity index (χ1n) is 7.71. The lowest BCUT2D eigenvalue weighted by Crippen LogP contribution is -2.33. The summed E-state index contributed by atoms with van der Waals surface area (Å²) < 4.78 is 47.9. The molecule has 26 heavy (non-hydrogen) atoms. The summed E-state index contributed by atoms with van der Waals surface area (Å²) in [6, 6.07) is 5.97. The second-order valence-corrected chi connectivity index (χ2v) is 5.65. The predicted molar refractivity (Wildman–Crippen MR) is 82.8 cm³/mol. The van der Waals surface area contributed by atoms with Crippen molar-refractivity contribution in [3.8, 4) is 11.8 Å². The van der Waals surface area contributed by atoms with Crippen molar-refractivity contribution in [3.05, 3.63) is 46.1 Å². The van der Waals surface area contributed by atoms with Crippen LogP contribution in [-0.4, -0.2) is 45.4 Å². The third kappa shape index (κ3) is 4.63. The van der Waals surface area contributed by atoms with Gasteiger partial charge in [0.25, 0.3) is 0 Å². The molecule has 2 heterocycles. The number of hydrogen-bond acceptors (Lipinski definition) is 6. The Kier molecular flexibility index (Phi) is 4.98. The number of nitrogens with zero attached hydrogens (tertiary/aromatic N) is 4. The molecule has 1 aromatic heterocycles. The second-order valence-electron chi connectivity index (χ2n) is 5.65. The average molecular weight is 372 g/mol. The number of alkyl halides is 3. The summed E-state index contributed by atoms with van der Waals surface area (Å²) in [5, 5.41) is 10.8. The lowest BCUT2D eigenvalue weighted by Gasteiger charge is -2.24. The highest BCUT2D eigenvalue weighted by Crippen LogP contribution is 2.24. The molecule has 0 amide bonds. The van der Waals surface area contributed by atoms with E-state index in [2.05, 4.69) is 9.72 Å². The van der Waals surface area contributed by atoms with Crippen molar-refractivity contribution in [3.63, 3.8) is 0 Å². The molecule has 0 fully saturated rings. The van der Waals surface area contributed by atoms with E-state index in [0.29, 0.717) is 31.7 Å². The molecule has 0 radical (unpaired) electrons. The monoisotopic (exact) mass is 372 g/mol. The van der Waals surface area contributed by atoms with E-state index in [1.54, 1.807) is 10.6 Å². The van der Waals surface area contributed by atoms with Crippen LogP contribution in [0.1, 0.15) is 5.56 Å². The van der Waals surface area contributed by atoms with Crippen molar-refractivity contribution in [1.29, 1.82) is 0 Å². The predicted octanol–water partition coefficient (Wildman–Crippen LogP) is 2.58. The summed E-state index contributed by atoms with van der Waals surface area (Å²) in [6.45, 7) is 2.10. The van der Waals surface area contributed by atoms with Gasteiger partial charge in [-0.25, -0.2) is 0 Å². The maximum atomic E-state index is 12.3. The largest absolute Gasteiger partial charge is 0.573 e. The average Bonchev–Trinajstić information content (AvgIpc) is 2.91. The molecule has 1 aromatic carbocycles. The molecule has 2 aromatic rings. The SMILES string of the molecule is O=[N+]([O-])c1cn2c(n1)OCCN(Cc1cccc(OC(F)(F)F)c1)CC2. The van der Waals surface area contributed by atoms with Gasteiger partial charge in [0.15, 0.2) is 0 Å². The number of aromatic nitrogens is 2. The van der Waals surface area contributed by atoms with Gasteiger partial charge in [0.05, 0.1) is 0 Å². The van der Waals surface area contributed by atoms with Gasteiger partial charge in [0.2, 0.25) is 0 Å². The number of hydrogen-bond donors (Lipinski definition) is 0. The standard InChI is InChI=1S/C15H15F3N4O4/c16-15(17,18)26-12-3-1-2-11(8-12)9-20-4-5-21-10-13(22(23)24)19-14(21)25-7-6-20/h1-3,8,10H,4-7,9H2. The van der Waals surface area contributed by atoms with E-state index in [9.17, 15) is 23.3 Å². The quantitative estimate of drug-likeness (QED) is 0.606. The van der Waals surface area contributed by atoms with Gasteiger partial charge in [-0.05, 0) is 22.6 Å². The molecule has 8 nitrogen and oxygen atoms in total. The highest BCUT2D eigenvalue weighted by molar-refractivity contribution is 5.28. The Morgan fingerprint density at radius 3 is 2.85 bits per heavy atom. The van der Waals surface area contributed by atoms with Crippen molar-refractivity contribution in [1.82, 2.24) is 14.5 Å². The topological polar surface area (TPSA) is 82.7 Å². The van der Waals surface area contributed by atoms with Crippen molar-refractivity contribution in [2.24, 2.45) is 0 Å². The van der Waals surface area contributed by atoms with E-state index in [1.807, 2.05) is 4.90 Å². The van der Waals surface area contributed by atoms with Crippen LogP contribution in [0.25, 0.3) is 0 Å². The molecular formula is C15H15F3N4O4. The van der Waals surface area contributed by atoms with Crippen LogP contribution in [0.2, 0.25) is 0 Å². The number of halogens is 3. The zero-order chi connectivity index (χ0) is 18.7. The minimum atomic E-state index is -4.74. The van der Waals surface area contributed by atoms with E-state index < -0.39 is 11.3 Å². The molecule has 1 aliphatic rings. The van der Waals surface area contributed by atoms with E-state index in [-0.39, 0.29) is 24.2 Å². The zero-order valence-electron chi connectivity index (χ0n) is 13.5. The van der Waals surface area contributed by atoms with Crippen LogP contribution in [0.15, 0.2) is 30.5 Å². The van der Waals surface area contributed by atoms with Crippen molar-refractivity contribution in [2.75, 3.05) is 19.7 Å². The molecular weight excluding hydrogens is 357 g/mol. The Balaban J connectivity index is 1.66. The Labute approximate surface area is 145 Å². The number of fused-ring (bicyclic) bond motifs is 1. The van der Waals surface area contributed by atoms with Gasteiger partial charge in [-0.15, -0.1) is 13.2 Å². The fourth-order valence-electron chi connectivity index (χ4n) is 2.63. The Morgan fingerprint density at radius 1 is 1.31 bits per heavy atom. The Bertz CT molecular complexity index is 793. The number of imidazole rings is 1. The van der Waals surface area contributed by atoms with Crippen LogP contribution in [0.4, 0.5) is 19.0 Å². The normalized spacial score (nSPS) is 15.5. The van der Waals surface area contributed by atoms with Crippen LogP contribution in [0.5, 0.6) is 11.8 Å². The van der Waals surface area contributed by atoms with E-state index in [0.717, 1.165) is 0 Å². The molecule has 0 bridgehead atoms. The molecule has 0 saturated carbocycles. The van der Waals surface area contributed by atoms with E-state index >= 15 is 0 Å². The minimum absolute atomic E-state index is 0.192. The first kappa shape index (κ1) is 18.0. The van der Waals surface area contributed by atoms with Crippen molar-refractivity contribution >= 4 is 5.82 Å². The van der Waals surface area contributed by atoms with Gasteiger partial charge < -0.3 is 19.6 Å². The first-order chi connectivity index (χ1) is 12.3. The van der Waals surface area contributed by atoms with Gasteiger partial charge in [-0.2, -0.15) is 0 Å². The molecule has 3 rings (SSSR count). The maximum Gasteiger partial charge on any atom is 0.573 e. The van der Waals surface area contributed by atoms with E-state index in [4.69, 9.17) is 4.74 Å². The summed E-state index contributed by atoms with van der Waals surface area (Å²) in [7, 11) is 0. The number of nitro groups is 1. The highest BCUT2D eigenvalue weighted by Gasteiger charge is 2.31. The number of rotatable bonds is 4. The second kappa shape index (κ2) is 7.20. The van der Waals surface area contributed by atoms with Crippen LogP contribution < -0.4 is 9.47 Å². The summed E-state index contributed by atoms with van der Waals surface area (Å²) in [5.41, 5.74) is 0.657. The summed E-state index contributed by atoms with van der Waals surface area (Å²) >= 11 is 0. The van der Waals surface area contributed by atoms with Gasteiger partial charge in [-0.3, -0.25) is 9.47 Å². The number of benzene rings is 1. The zero-order valence-corrected chi connectivity index (χ0v) is 13.5. The molecule has 0 aliphatic carbocycles. The molecule has 0 spiro atoms. The van der Waals surface area contributed by atoms with Crippen molar-refractivity contribution < 1.29 is 27.6 Å². The summed E-state index contributed by atoms with van der Waals surface area (Å²) in [5.74, 6) is -0.559. The van der Waals surface area contributed by atoms with Crippen LogP contribution in [0, 0.1) is 10.1 Å². The lowest BCUT2D eigenvalue weighted by molar-refractivity contribution is -0.389. The Hall–Kier alpha value is -2.82. The first-order valence-corrected chi connectivity index (χ1v) is 7.71. The molecule has 0 saturated heterocycles. The third-order valence-corrected chi connectivity index (χ3v) is 3.75. The smallest absolute Gasteiger partial charge is 0.444 e. The molecule has 0 N–H and O–H groups in total. The third-order valence-electron chi connectivity index (χ3n) is 3.75. The minimum Gasteiger partial charge on any atom is -0.444 e. The van der Waals surface area contributed by atoms with Gasteiger partial charge >= 0.3 is 18.2 Å². The molecule has 11 heteroatoms. The van der Waals surface area contributed by atoms with Gasteiger partial charge in [-0.1, -0.05) is 12.1 Å². The molecule has 0 unspecified atom stereocenters. The summed E-state index contributed by atoms with van der Waals surface area (Å²) in [6.07, 6.45) is -3.43. The van der Waals surface area contributed by atoms with Crippen LogP contribution in [-0.2, 0) is 13.1 Å². The maximum absolute atomic E-state index is 12.3. The van der Waals surface area contributed by atoms with E-state index in [1.165, 1.54) is 24.4 Å². The van der Waals surface area contributed by atoms with Gasteiger partial charge in [0.1, 0.15) is 18.6 Å². The fourth-order valence-corrected chi connectivity index (χ4v) is 2.63. The van der Waals surface area contributed by atoms with Gasteiger partial charge in [0, 0.05) is 31.2 Å². The fraction of sp³-hybridized carbons (Fsp3) is 0.400. The van der Waals surface area contributed by atoms with Crippen LogP contribution >= 0.6 is 0 Å². The molecule has 1 aliphatic heterocycles. The van der Waals surface area contributed by atoms with Crippen LogP contribution in [0.3, 0.4) is 0 Å². The molecule has 140 valence electrons. The van der Waals surface area contributed by atoms with Crippen molar-refractivity contribution in [2.45, 2.75) is 19.5 Å². The Morgan fingerprint density at radius 2 is 2.12 bits per heavy atom. The summed E-state index contributed by atoms with van der Waals surface area (Å²) in [4.78, 5) is 16.0. The lowest BCUT2D eigenvalue weighted by atomic mass is 10.2.